The van der Waals surface area contributed by atoms with Gasteiger partial charge in [-0.05, 0) is 18.8 Å². The number of aliphatic hydroxyl groups excluding tert-OH is 1. The van der Waals surface area contributed by atoms with E-state index in [4.69, 9.17) is 5.11 Å². The molecular formula is C9H15F4NO2. The molecule has 16 heavy (non-hydrogen) atoms. The lowest BCUT2D eigenvalue weighted by atomic mass is 10.1. The summed E-state index contributed by atoms with van der Waals surface area (Å²) in [6, 6.07) is 0. The molecule has 0 aromatic rings. The highest BCUT2D eigenvalue weighted by atomic mass is 19.3. The molecule has 1 unspecified atom stereocenters. The van der Waals surface area contributed by atoms with Gasteiger partial charge in [-0.1, -0.05) is 6.92 Å². The van der Waals surface area contributed by atoms with Crippen LogP contribution in [0.25, 0.3) is 0 Å². The summed E-state index contributed by atoms with van der Waals surface area (Å²) in [6.07, 6.45) is -3.12. The zero-order chi connectivity index (χ0) is 12.8. The van der Waals surface area contributed by atoms with Crippen LogP contribution < -0.4 is 5.32 Å². The monoisotopic (exact) mass is 245 g/mol. The number of hydrogen-bond acceptors (Lipinski definition) is 2. The summed E-state index contributed by atoms with van der Waals surface area (Å²) in [5.41, 5.74) is 0. The lowest BCUT2D eigenvalue weighted by Gasteiger charge is -2.15. The number of hydrogen-bond donors (Lipinski definition) is 2. The minimum absolute atomic E-state index is 0.00693. The van der Waals surface area contributed by atoms with Gasteiger partial charge in [-0.25, -0.2) is 8.78 Å². The summed E-state index contributed by atoms with van der Waals surface area (Å²) in [6.45, 7) is 1.60. The van der Waals surface area contributed by atoms with Gasteiger partial charge in [0.05, 0.1) is 0 Å². The van der Waals surface area contributed by atoms with E-state index in [1.54, 1.807) is 12.2 Å². The van der Waals surface area contributed by atoms with Gasteiger partial charge in [0.1, 0.15) is 0 Å². The van der Waals surface area contributed by atoms with Gasteiger partial charge < -0.3 is 10.4 Å². The van der Waals surface area contributed by atoms with Crippen LogP contribution >= 0.6 is 0 Å². The Balaban J connectivity index is 3.82. The van der Waals surface area contributed by atoms with Gasteiger partial charge in [-0.3, -0.25) is 4.79 Å². The standard InChI is InChI=1S/C9H15F4NO2/c1-6(5-15)3-2-4-14-8(16)9(12,13)7(10)11/h6-7,15H,2-5H2,1H3,(H,14,16). The van der Waals surface area contributed by atoms with Crippen molar-refractivity contribution in [3.05, 3.63) is 0 Å². The topological polar surface area (TPSA) is 49.3 Å². The summed E-state index contributed by atoms with van der Waals surface area (Å²) < 4.78 is 48.2. The molecule has 0 radical (unpaired) electrons. The van der Waals surface area contributed by atoms with Crippen LogP contribution in [0.4, 0.5) is 17.6 Å². The van der Waals surface area contributed by atoms with Crippen molar-refractivity contribution in [1.82, 2.24) is 5.32 Å². The van der Waals surface area contributed by atoms with Crippen molar-refractivity contribution < 1.29 is 27.5 Å². The first-order chi connectivity index (χ1) is 7.32. The molecule has 0 bridgehead atoms. The molecule has 0 saturated carbocycles. The van der Waals surface area contributed by atoms with Crippen molar-refractivity contribution in [3.8, 4) is 0 Å². The van der Waals surface area contributed by atoms with Crippen LogP contribution in [0.15, 0.2) is 0 Å². The molecule has 0 aliphatic heterocycles. The first-order valence-corrected chi connectivity index (χ1v) is 4.87. The largest absolute Gasteiger partial charge is 0.396 e. The highest BCUT2D eigenvalue weighted by molar-refractivity contribution is 5.83. The molecule has 0 saturated heterocycles. The van der Waals surface area contributed by atoms with Crippen LogP contribution in [0.1, 0.15) is 19.8 Å². The molecule has 96 valence electrons. The average molecular weight is 245 g/mol. The molecule has 0 fully saturated rings. The Kier molecular flexibility index (Phi) is 6.32. The number of alkyl halides is 4. The number of amides is 1. The summed E-state index contributed by atoms with van der Waals surface area (Å²) in [5, 5.41) is 10.4. The minimum atomic E-state index is -4.64. The summed E-state index contributed by atoms with van der Waals surface area (Å²) >= 11 is 0. The summed E-state index contributed by atoms with van der Waals surface area (Å²) in [7, 11) is 0. The molecule has 0 aliphatic rings. The SMILES string of the molecule is CC(CO)CCCNC(=O)C(F)(F)C(F)F. The van der Waals surface area contributed by atoms with Gasteiger partial charge in [0, 0.05) is 13.2 Å². The minimum Gasteiger partial charge on any atom is -0.396 e. The van der Waals surface area contributed by atoms with Crippen LogP contribution in [0.3, 0.4) is 0 Å². The van der Waals surface area contributed by atoms with Crippen molar-refractivity contribution in [2.75, 3.05) is 13.2 Å². The Morgan fingerprint density at radius 3 is 2.44 bits per heavy atom. The van der Waals surface area contributed by atoms with E-state index >= 15 is 0 Å². The third-order valence-electron chi connectivity index (χ3n) is 2.05. The van der Waals surface area contributed by atoms with E-state index in [2.05, 4.69) is 0 Å². The van der Waals surface area contributed by atoms with E-state index in [1.165, 1.54) is 0 Å². The maximum Gasteiger partial charge on any atom is 0.383 e. The van der Waals surface area contributed by atoms with Crippen molar-refractivity contribution in [1.29, 1.82) is 0 Å². The van der Waals surface area contributed by atoms with Crippen LogP contribution in [0.5, 0.6) is 0 Å². The Labute approximate surface area is 90.8 Å². The molecule has 7 heteroatoms. The lowest BCUT2D eigenvalue weighted by molar-refractivity contribution is -0.169. The molecule has 1 atom stereocenters. The third kappa shape index (κ3) is 4.78. The molecule has 3 nitrogen and oxygen atoms in total. The maximum absolute atomic E-state index is 12.4. The molecule has 0 rings (SSSR count). The fraction of sp³-hybridized carbons (Fsp3) is 0.889. The zero-order valence-electron chi connectivity index (χ0n) is 8.85. The van der Waals surface area contributed by atoms with Gasteiger partial charge >= 0.3 is 12.3 Å². The number of carbonyl (C=O) groups excluding carboxylic acids is 1. The molecule has 0 aromatic heterocycles. The molecular weight excluding hydrogens is 230 g/mol. The third-order valence-corrected chi connectivity index (χ3v) is 2.05. The van der Waals surface area contributed by atoms with Crippen molar-refractivity contribution in [2.24, 2.45) is 5.92 Å². The highest BCUT2D eigenvalue weighted by Crippen LogP contribution is 2.22. The Morgan fingerprint density at radius 1 is 1.44 bits per heavy atom. The van der Waals surface area contributed by atoms with Crippen molar-refractivity contribution in [3.63, 3.8) is 0 Å². The number of aliphatic hydroxyl groups is 1. The van der Waals surface area contributed by atoms with Gasteiger partial charge in [0.2, 0.25) is 0 Å². The van der Waals surface area contributed by atoms with Crippen LogP contribution in [-0.4, -0.2) is 36.5 Å². The Bertz CT molecular complexity index is 224. The lowest BCUT2D eigenvalue weighted by Crippen LogP contribution is -2.45. The number of carbonyl (C=O) groups is 1. The van der Waals surface area contributed by atoms with Crippen LogP contribution in [0, 0.1) is 5.92 Å². The molecule has 2 N–H and O–H groups in total. The smallest absolute Gasteiger partial charge is 0.383 e. The molecule has 0 aliphatic carbocycles. The first-order valence-electron chi connectivity index (χ1n) is 4.87. The number of halogens is 4. The van der Waals surface area contributed by atoms with E-state index in [9.17, 15) is 22.4 Å². The van der Waals surface area contributed by atoms with Crippen molar-refractivity contribution in [2.45, 2.75) is 32.1 Å². The molecule has 1 amide bonds. The second-order valence-corrected chi connectivity index (χ2v) is 3.61. The summed E-state index contributed by atoms with van der Waals surface area (Å²) in [4.78, 5) is 10.6. The predicted molar refractivity (Wildman–Crippen MR) is 49.4 cm³/mol. The molecule has 0 heterocycles. The quantitative estimate of drug-likeness (QED) is 0.526. The van der Waals surface area contributed by atoms with E-state index < -0.39 is 18.3 Å². The van der Waals surface area contributed by atoms with E-state index in [0.717, 1.165) is 0 Å². The zero-order valence-corrected chi connectivity index (χ0v) is 8.85. The van der Waals surface area contributed by atoms with E-state index in [1.807, 2.05) is 0 Å². The molecule has 0 aromatic carbocycles. The first kappa shape index (κ1) is 15.2. The fourth-order valence-corrected chi connectivity index (χ4v) is 0.961. The highest BCUT2D eigenvalue weighted by Gasteiger charge is 2.48. The Morgan fingerprint density at radius 2 is 2.00 bits per heavy atom. The van der Waals surface area contributed by atoms with Gasteiger partial charge in [0.15, 0.2) is 0 Å². The van der Waals surface area contributed by atoms with Gasteiger partial charge in [-0.15, -0.1) is 0 Å². The van der Waals surface area contributed by atoms with E-state index in [0.29, 0.717) is 12.8 Å². The van der Waals surface area contributed by atoms with Gasteiger partial charge in [-0.2, -0.15) is 8.78 Å². The maximum atomic E-state index is 12.4. The molecule has 0 spiro atoms. The van der Waals surface area contributed by atoms with Gasteiger partial charge in [0.25, 0.3) is 5.91 Å². The number of rotatable bonds is 7. The normalized spacial score (nSPS) is 13.9. The van der Waals surface area contributed by atoms with Crippen molar-refractivity contribution >= 4 is 5.91 Å². The van der Waals surface area contributed by atoms with Crippen LogP contribution in [-0.2, 0) is 4.79 Å². The Hall–Kier alpha value is -0.850. The van der Waals surface area contributed by atoms with E-state index in [-0.39, 0.29) is 19.1 Å². The predicted octanol–water partition coefficient (Wildman–Crippen LogP) is 1.41. The fourth-order valence-electron chi connectivity index (χ4n) is 0.961. The second kappa shape index (κ2) is 6.67. The second-order valence-electron chi connectivity index (χ2n) is 3.61. The van der Waals surface area contributed by atoms with Crippen LogP contribution in [0.2, 0.25) is 0 Å². The average Bonchev–Trinajstić information content (AvgIpc) is 2.23. The number of nitrogens with one attached hydrogen (secondary N) is 1. The summed E-state index contributed by atoms with van der Waals surface area (Å²) in [5.74, 6) is -6.60.